The number of rotatable bonds is 7. The van der Waals surface area contributed by atoms with Crippen LogP contribution in [0.1, 0.15) is 32.5 Å². The average molecular weight is 397 g/mol. The summed E-state index contributed by atoms with van der Waals surface area (Å²) >= 11 is 3.36. The highest BCUT2D eigenvalue weighted by molar-refractivity contribution is 7.98. The highest BCUT2D eigenvalue weighted by Crippen LogP contribution is 2.28. The fraction of sp³-hybridized carbons (Fsp3) is 0.143. The van der Waals surface area contributed by atoms with Gasteiger partial charge in [-0.3, -0.25) is 9.59 Å². The molecule has 27 heavy (non-hydrogen) atoms. The number of hydrogen-bond donors (Lipinski definition) is 2. The number of carbonyl (C=O) groups is 2. The van der Waals surface area contributed by atoms with E-state index < -0.39 is 0 Å². The van der Waals surface area contributed by atoms with Gasteiger partial charge in [0.15, 0.2) is 0 Å². The first-order valence-electron chi connectivity index (χ1n) is 8.61. The van der Waals surface area contributed by atoms with E-state index in [-0.39, 0.29) is 11.8 Å². The Morgan fingerprint density at radius 2 is 1.74 bits per heavy atom. The molecule has 0 bridgehead atoms. The summed E-state index contributed by atoms with van der Waals surface area (Å²) in [7, 11) is 0. The van der Waals surface area contributed by atoms with Gasteiger partial charge in [-0.05, 0) is 54.8 Å². The molecule has 3 rings (SSSR count). The van der Waals surface area contributed by atoms with Crippen molar-refractivity contribution in [3.63, 3.8) is 0 Å². The van der Waals surface area contributed by atoms with E-state index in [0.717, 1.165) is 10.6 Å². The number of thiophene rings is 1. The molecule has 3 aromatic rings. The van der Waals surface area contributed by atoms with Crippen LogP contribution in [0.25, 0.3) is 0 Å². The highest BCUT2D eigenvalue weighted by atomic mass is 32.2. The molecule has 0 unspecified atom stereocenters. The highest BCUT2D eigenvalue weighted by Gasteiger charge is 2.12. The molecule has 1 aromatic heterocycles. The average Bonchev–Trinajstić information content (AvgIpc) is 3.21. The topological polar surface area (TPSA) is 58.2 Å². The summed E-state index contributed by atoms with van der Waals surface area (Å²) in [6.45, 7) is 2.46. The molecule has 138 valence electrons. The quantitative estimate of drug-likeness (QED) is 0.550. The van der Waals surface area contributed by atoms with Gasteiger partial charge in [-0.25, -0.2) is 0 Å². The maximum absolute atomic E-state index is 12.7. The van der Waals surface area contributed by atoms with E-state index in [1.54, 1.807) is 47.4 Å². The second kappa shape index (κ2) is 9.39. The molecule has 0 fully saturated rings. The minimum Gasteiger partial charge on any atom is -0.352 e. The van der Waals surface area contributed by atoms with E-state index in [0.29, 0.717) is 23.4 Å². The van der Waals surface area contributed by atoms with Gasteiger partial charge in [0, 0.05) is 33.3 Å². The van der Waals surface area contributed by atoms with Crippen LogP contribution < -0.4 is 10.6 Å². The molecule has 0 saturated carbocycles. The molecule has 0 radical (unpaired) electrons. The van der Waals surface area contributed by atoms with Gasteiger partial charge in [0.1, 0.15) is 0 Å². The molecular weight excluding hydrogens is 376 g/mol. The first-order valence-corrected chi connectivity index (χ1v) is 10.5. The fourth-order valence-electron chi connectivity index (χ4n) is 2.49. The van der Waals surface area contributed by atoms with Crippen LogP contribution in [0.5, 0.6) is 0 Å². The maximum Gasteiger partial charge on any atom is 0.256 e. The van der Waals surface area contributed by atoms with Crippen molar-refractivity contribution in [2.45, 2.75) is 17.6 Å². The van der Waals surface area contributed by atoms with Crippen molar-refractivity contribution in [2.24, 2.45) is 0 Å². The summed E-state index contributed by atoms with van der Waals surface area (Å²) in [5, 5.41) is 7.72. The van der Waals surface area contributed by atoms with Gasteiger partial charge in [-0.2, -0.15) is 0 Å². The van der Waals surface area contributed by atoms with Crippen molar-refractivity contribution in [1.29, 1.82) is 0 Å². The minimum absolute atomic E-state index is 0.120. The third kappa shape index (κ3) is 5.21. The lowest BCUT2D eigenvalue weighted by molar-refractivity contribution is 0.0955. The third-order valence-corrected chi connectivity index (χ3v) is 6.01. The Bertz CT molecular complexity index is 906. The number of anilines is 1. The largest absolute Gasteiger partial charge is 0.352 e. The summed E-state index contributed by atoms with van der Waals surface area (Å²) in [5.74, 6) is 0.559. The Labute approximate surface area is 167 Å². The van der Waals surface area contributed by atoms with E-state index in [2.05, 4.69) is 22.1 Å². The van der Waals surface area contributed by atoms with Crippen molar-refractivity contribution in [3.05, 3.63) is 82.0 Å². The monoisotopic (exact) mass is 396 g/mol. The van der Waals surface area contributed by atoms with Crippen molar-refractivity contribution >= 4 is 40.6 Å². The van der Waals surface area contributed by atoms with Crippen molar-refractivity contribution < 1.29 is 9.59 Å². The Balaban J connectivity index is 1.68. The van der Waals surface area contributed by atoms with E-state index in [9.17, 15) is 9.59 Å². The molecule has 0 aliphatic rings. The second-order valence-corrected chi connectivity index (χ2v) is 7.80. The third-order valence-electron chi connectivity index (χ3n) is 3.82. The Hall–Kier alpha value is -2.57. The van der Waals surface area contributed by atoms with Gasteiger partial charge in [0.05, 0.1) is 5.56 Å². The number of thioether (sulfide) groups is 1. The molecule has 0 spiro atoms. The van der Waals surface area contributed by atoms with Gasteiger partial charge in [-0.1, -0.05) is 18.2 Å². The predicted molar refractivity (Wildman–Crippen MR) is 113 cm³/mol. The van der Waals surface area contributed by atoms with E-state index in [4.69, 9.17) is 0 Å². The lowest BCUT2D eigenvalue weighted by atomic mass is 10.1. The van der Waals surface area contributed by atoms with E-state index in [1.165, 1.54) is 4.88 Å². The van der Waals surface area contributed by atoms with Crippen molar-refractivity contribution in [2.75, 3.05) is 11.9 Å². The molecule has 1 heterocycles. The van der Waals surface area contributed by atoms with Gasteiger partial charge >= 0.3 is 0 Å². The number of amides is 2. The lowest BCUT2D eigenvalue weighted by Crippen LogP contribution is -2.22. The summed E-state index contributed by atoms with van der Waals surface area (Å²) in [6.07, 6.45) is 0. The van der Waals surface area contributed by atoms with Gasteiger partial charge in [0.25, 0.3) is 11.8 Å². The Morgan fingerprint density at radius 1 is 0.963 bits per heavy atom. The first-order chi connectivity index (χ1) is 13.2. The second-order valence-electron chi connectivity index (χ2n) is 5.76. The first kappa shape index (κ1) is 19.2. The number of hydrogen-bond acceptors (Lipinski definition) is 4. The molecule has 6 heteroatoms. The van der Waals surface area contributed by atoms with Crippen molar-refractivity contribution in [1.82, 2.24) is 5.32 Å². The number of benzene rings is 2. The molecule has 2 aromatic carbocycles. The van der Waals surface area contributed by atoms with Crippen LogP contribution in [0.15, 0.2) is 70.9 Å². The molecule has 4 nitrogen and oxygen atoms in total. The van der Waals surface area contributed by atoms with Crippen LogP contribution in [-0.4, -0.2) is 18.4 Å². The molecule has 2 amide bonds. The zero-order chi connectivity index (χ0) is 19.1. The normalized spacial score (nSPS) is 10.4. The minimum atomic E-state index is -0.157. The fourth-order valence-corrected chi connectivity index (χ4v) is 4.31. The van der Waals surface area contributed by atoms with E-state index >= 15 is 0 Å². The molecule has 0 saturated heterocycles. The smallest absolute Gasteiger partial charge is 0.256 e. The van der Waals surface area contributed by atoms with Crippen molar-refractivity contribution in [3.8, 4) is 0 Å². The van der Waals surface area contributed by atoms with Crippen LogP contribution in [-0.2, 0) is 5.75 Å². The SMILES string of the molecule is CCNC(=O)c1ccc(NC(=O)c2ccccc2SCc2cccs2)cc1. The van der Waals surface area contributed by atoms with Gasteiger partial charge in [0.2, 0.25) is 0 Å². The summed E-state index contributed by atoms with van der Waals surface area (Å²) in [5.41, 5.74) is 1.87. The van der Waals surface area contributed by atoms with E-state index in [1.807, 2.05) is 37.3 Å². The predicted octanol–water partition coefficient (Wildman–Crippen LogP) is 5.04. The molecule has 0 aliphatic carbocycles. The standard InChI is InChI=1S/C21H20N2O2S2/c1-2-22-20(24)15-9-11-16(12-10-15)23-21(25)18-7-3-4-8-19(18)27-14-17-6-5-13-26-17/h3-13H,2,14H2,1H3,(H,22,24)(H,23,25). The van der Waals surface area contributed by atoms with Crippen LogP contribution in [0.2, 0.25) is 0 Å². The maximum atomic E-state index is 12.7. The summed E-state index contributed by atoms with van der Waals surface area (Å²) < 4.78 is 0. The van der Waals surface area contributed by atoms with Gasteiger partial charge in [-0.15, -0.1) is 23.1 Å². The zero-order valence-electron chi connectivity index (χ0n) is 14.9. The van der Waals surface area contributed by atoms with Crippen LogP contribution in [0, 0.1) is 0 Å². The van der Waals surface area contributed by atoms with Crippen LogP contribution >= 0.6 is 23.1 Å². The van der Waals surface area contributed by atoms with Gasteiger partial charge < -0.3 is 10.6 Å². The Morgan fingerprint density at radius 3 is 2.44 bits per heavy atom. The molecular formula is C21H20N2O2S2. The summed E-state index contributed by atoms with van der Waals surface area (Å²) in [6, 6.07) is 18.6. The lowest BCUT2D eigenvalue weighted by Gasteiger charge is -2.10. The van der Waals surface area contributed by atoms with Crippen LogP contribution in [0.3, 0.4) is 0 Å². The Kier molecular flexibility index (Phi) is 6.68. The molecule has 0 aliphatic heterocycles. The molecule has 2 N–H and O–H groups in total. The summed E-state index contributed by atoms with van der Waals surface area (Å²) in [4.78, 5) is 26.8. The molecule has 0 atom stereocenters. The number of carbonyl (C=O) groups excluding carboxylic acids is 2. The van der Waals surface area contributed by atoms with Crippen LogP contribution in [0.4, 0.5) is 5.69 Å². The number of nitrogens with one attached hydrogen (secondary N) is 2. The zero-order valence-corrected chi connectivity index (χ0v) is 16.5.